The van der Waals surface area contributed by atoms with Crippen LogP contribution in [0.5, 0.6) is 0 Å². The number of hydrogen-bond acceptors (Lipinski definition) is 0. The summed E-state index contributed by atoms with van der Waals surface area (Å²) >= 11 is 0. The maximum absolute atomic E-state index is 2.40. The second kappa shape index (κ2) is 3.60. The van der Waals surface area contributed by atoms with Crippen LogP contribution in [0.1, 0.15) is 47.0 Å². The molecule has 0 spiro atoms. The van der Waals surface area contributed by atoms with E-state index in [2.05, 4.69) is 27.7 Å². The van der Waals surface area contributed by atoms with Crippen molar-refractivity contribution in [3.8, 4) is 0 Å². The fourth-order valence-corrected chi connectivity index (χ4v) is 2.06. The lowest BCUT2D eigenvalue weighted by Crippen LogP contribution is -2.24. The smallest absolute Gasteiger partial charge is 0.0407 e. The molecule has 1 unspecified atom stereocenters. The maximum atomic E-state index is 2.40. The summed E-state index contributed by atoms with van der Waals surface area (Å²) in [7, 11) is 0. The van der Waals surface area contributed by atoms with Gasteiger partial charge in [-0.25, -0.2) is 0 Å². The van der Waals surface area contributed by atoms with E-state index in [1.165, 1.54) is 19.3 Å². The fourth-order valence-electron chi connectivity index (χ4n) is 2.06. The molecule has 1 rings (SSSR count). The van der Waals surface area contributed by atoms with Gasteiger partial charge >= 0.3 is 0 Å². The second-order valence-corrected chi connectivity index (χ2v) is 4.90. The van der Waals surface area contributed by atoms with Gasteiger partial charge in [0.05, 0.1) is 0 Å². The highest BCUT2D eigenvalue weighted by Gasteiger charge is 2.26. The Bertz CT molecular complexity index is 109. The number of hydrogen-bond donors (Lipinski definition) is 0. The van der Waals surface area contributed by atoms with Gasteiger partial charge in [-0.05, 0) is 42.9 Å². The Morgan fingerprint density at radius 3 is 2.09 bits per heavy atom. The van der Waals surface area contributed by atoms with Gasteiger partial charge in [-0.3, -0.25) is 0 Å². The zero-order valence-corrected chi connectivity index (χ0v) is 8.43. The van der Waals surface area contributed by atoms with Gasteiger partial charge in [-0.15, -0.1) is 0 Å². The topological polar surface area (TPSA) is 0 Å². The zero-order chi connectivity index (χ0) is 8.43. The van der Waals surface area contributed by atoms with E-state index in [0.717, 1.165) is 23.7 Å². The molecule has 1 atom stereocenters. The average Bonchev–Trinajstić information content (AvgIpc) is 1.84. The SMILES string of the molecule is CC1CC(CC(C)C(C)C)C1. The van der Waals surface area contributed by atoms with Gasteiger partial charge in [0.1, 0.15) is 0 Å². The Kier molecular flexibility index (Phi) is 2.98. The molecule has 1 aliphatic rings. The first-order valence-corrected chi connectivity index (χ1v) is 5.09. The second-order valence-electron chi connectivity index (χ2n) is 4.90. The molecule has 0 saturated heterocycles. The summed E-state index contributed by atoms with van der Waals surface area (Å²) < 4.78 is 0. The maximum Gasteiger partial charge on any atom is -0.0407 e. The van der Waals surface area contributed by atoms with Gasteiger partial charge in [0, 0.05) is 0 Å². The molecule has 0 bridgehead atoms. The summed E-state index contributed by atoms with van der Waals surface area (Å²) in [6.07, 6.45) is 4.47. The van der Waals surface area contributed by atoms with E-state index < -0.39 is 0 Å². The Labute approximate surface area is 71.4 Å². The molecule has 0 aromatic heterocycles. The minimum Gasteiger partial charge on any atom is -0.0625 e. The lowest BCUT2D eigenvalue weighted by atomic mass is 9.71. The van der Waals surface area contributed by atoms with E-state index in [9.17, 15) is 0 Å². The molecular formula is C11H22. The van der Waals surface area contributed by atoms with E-state index in [0.29, 0.717) is 0 Å². The van der Waals surface area contributed by atoms with E-state index >= 15 is 0 Å². The lowest BCUT2D eigenvalue weighted by molar-refractivity contribution is 0.162. The Hall–Kier alpha value is 0. The molecule has 0 nitrogen and oxygen atoms in total. The number of rotatable bonds is 3. The monoisotopic (exact) mass is 154 g/mol. The van der Waals surface area contributed by atoms with Gasteiger partial charge in [0.25, 0.3) is 0 Å². The quantitative estimate of drug-likeness (QED) is 0.581. The van der Waals surface area contributed by atoms with Crippen LogP contribution in [0.3, 0.4) is 0 Å². The summed E-state index contributed by atoms with van der Waals surface area (Å²) in [4.78, 5) is 0. The van der Waals surface area contributed by atoms with Crippen molar-refractivity contribution in [2.24, 2.45) is 23.7 Å². The van der Waals surface area contributed by atoms with Crippen LogP contribution >= 0.6 is 0 Å². The fraction of sp³-hybridized carbons (Fsp3) is 1.00. The van der Waals surface area contributed by atoms with E-state index in [4.69, 9.17) is 0 Å². The largest absolute Gasteiger partial charge is 0.0625 e. The lowest BCUT2D eigenvalue weighted by Gasteiger charge is -2.35. The molecule has 1 fully saturated rings. The Morgan fingerprint density at radius 2 is 1.73 bits per heavy atom. The van der Waals surface area contributed by atoms with Gasteiger partial charge in [0.15, 0.2) is 0 Å². The molecule has 0 heterocycles. The van der Waals surface area contributed by atoms with Crippen molar-refractivity contribution < 1.29 is 0 Å². The van der Waals surface area contributed by atoms with E-state index in [1.807, 2.05) is 0 Å². The summed E-state index contributed by atoms with van der Waals surface area (Å²) in [5, 5.41) is 0. The van der Waals surface area contributed by atoms with Gasteiger partial charge in [-0.1, -0.05) is 27.7 Å². The molecule has 11 heavy (non-hydrogen) atoms. The molecule has 66 valence electrons. The highest BCUT2D eigenvalue weighted by atomic mass is 14.3. The van der Waals surface area contributed by atoms with Crippen molar-refractivity contribution in [2.45, 2.75) is 47.0 Å². The zero-order valence-electron chi connectivity index (χ0n) is 8.43. The summed E-state index contributed by atoms with van der Waals surface area (Å²) in [6, 6.07) is 0. The van der Waals surface area contributed by atoms with Crippen LogP contribution in [0.2, 0.25) is 0 Å². The molecule has 0 aliphatic heterocycles. The van der Waals surface area contributed by atoms with Crippen molar-refractivity contribution >= 4 is 0 Å². The highest BCUT2D eigenvalue weighted by molar-refractivity contribution is 4.78. The van der Waals surface area contributed by atoms with Crippen molar-refractivity contribution in [1.82, 2.24) is 0 Å². The van der Waals surface area contributed by atoms with Gasteiger partial charge in [0.2, 0.25) is 0 Å². The summed E-state index contributed by atoms with van der Waals surface area (Å²) in [5.74, 6) is 3.92. The third-order valence-corrected chi connectivity index (χ3v) is 3.31. The normalized spacial score (nSPS) is 33.5. The molecule has 0 aromatic carbocycles. The van der Waals surface area contributed by atoms with Crippen LogP contribution in [-0.2, 0) is 0 Å². The molecule has 0 radical (unpaired) electrons. The predicted octanol–water partition coefficient (Wildman–Crippen LogP) is 3.71. The molecule has 0 N–H and O–H groups in total. The van der Waals surface area contributed by atoms with E-state index in [-0.39, 0.29) is 0 Å². The van der Waals surface area contributed by atoms with Crippen LogP contribution in [0.4, 0.5) is 0 Å². The first kappa shape index (κ1) is 9.09. The van der Waals surface area contributed by atoms with E-state index in [1.54, 1.807) is 0 Å². The molecule has 1 aliphatic carbocycles. The summed E-state index contributed by atoms with van der Waals surface area (Å²) in [5.41, 5.74) is 0. The van der Waals surface area contributed by atoms with Crippen molar-refractivity contribution in [3.63, 3.8) is 0 Å². The third kappa shape index (κ3) is 2.50. The third-order valence-electron chi connectivity index (χ3n) is 3.31. The van der Waals surface area contributed by atoms with Crippen LogP contribution in [0, 0.1) is 23.7 Å². The average molecular weight is 154 g/mol. The van der Waals surface area contributed by atoms with Gasteiger partial charge < -0.3 is 0 Å². The molecule has 1 saturated carbocycles. The minimum absolute atomic E-state index is 0.880. The first-order chi connectivity index (χ1) is 5.09. The Balaban J connectivity index is 2.11. The minimum atomic E-state index is 0.880. The summed E-state index contributed by atoms with van der Waals surface area (Å²) in [6.45, 7) is 9.45. The van der Waals surface area contributed by atoms with Crippen LogP contribution in [0.25, 0.3) is 0 Å². The van der Waals surface area contributed by atoms with Crippen LogP contribution in [0.15, 0.2) is 0 Å². The van der Waals surface area contributed by atoms with Crippen LogP contribution in [-0.4, -0.2) is 0 Å². The van der Waals surface area contributed by atoms with Crippen LogP contribution < -0.4 is 0 Å². The van der Waals surface area contributed by atoms with Gasteiger partial charge in [-0.2, -0.15) is 0 Å². The van der Waals surface area contributed by atoms with Crippen molar-refractivity contribution in [3.05, 3.63) is 0 Å². The molecular weight excluding hydrogens is 132 g/mol. The standard InChI is InChI=1S/C11H22/c1-8(2)10(4)7-11-5-9(3)6-11/h8-11H,5-7H2,1-4H3. The van der Waals surface area contributed by atoms with Crippen molar-refractivity contribution in [1.29, 1.82) is 0 Å². The van der Waals surface area contributed by atoms with Crippen molar-refractivity contribution in [2.75, 3.05) is 0 Å². The first-order valence-electron chi connectivity index (χ1n) is 5.09. The Morgan fingerprint density at radius 1 is 1.18 bits per heavy atom. The molecule has 0 heteroatoms. The highest BCUT2D eigenvalue weighted by Crippen LogP contribution is 2.38. The predicted molar refractivity (Wildman–Crippen MR) is 50.5 cm³/mol. The molecule has 0 amide bonds. The molecule has 0 aromatic rings.